The Bertz CT molecular complexity index is 109. The minimum absolute atomic E-state index is 0. The molecule has 12 heavy (non-hydrogen) atoms. The van der Waals surface area contributed by atoms with E-state index in [0.29, 0.717) is 0 Å². The predicted octanol–water partition coefficient (Wildman–Crippen LogP) is 0.651. The second-order valence-electron chi connectivity index (χ2n) is 2.79. The van der Waals surface area contributed by atoms with E-state index in [9.17, 15) is 0 Å². The quantitative estimate of drug-likeness (QED) is 0.580. The molecule has 0 N–H and O–H groups in total. The summed E-state index contributed by atoms with van der Waals surface area (Å²) in [5.74, 6) is 0. The van der Waals surface area contributed by atoms with Gasteiger partial charge in [0, 0.05) is 16.8 Å². The fraction of sp³-hybridized carbons (Fsp3) is 0.500. The first-order valence-corrected chi connectivity index (χ1v) is 4.73. The van der Waals surface area contributed by atoms with Crippen LogP contribution in [0.15, 0.2) is 24.3 Å². The maximum absolute atomic E-state index is 2.21. The largest absolute Gasteiger partial charge is 0.0881 e. The van der Waals surface area contributed by atoms with Gasteiger partial charge in [-0.25, -0.2) is 0 Å². The molecule has 1 aliphatic carbocycles. The average Bonchev–Trinajstić information content (AvgIpc) is 2.10. The Balaban J connectivity index is 0. The summed E-state index contributed by atoms with van der Waals surface area (Å²) in [6, 6.07) is 0. The van der Waals surface area contributed by atoms with Gasteiger partial charge in [-0.05, 0) is 12.8 Å². The van der Waals surface area contributed by atoms with Crippen molar-refractivity contribution in [2.75, 3.05) is 0 Å². The first-order valence-electron chi connectivity index (χ1n) is 4.73. The van der Waals surface area contributed by atoms with Crippen LogP contribution in [-0.4, -0.2) is 22.0 Å². The summed E-state index contributed by atoms with van der Waals surface area (Å²) in [5.41, 5.74) is 0. The van der Waals surface area contributed by atoms with Crippen molar-refractivity contribution in [3.8, 4) is 0 Å². The van der Waals surface area contributed by atoms with E-state index >= 15 is 0 Å². The van der Waals surface area contributed by atoms with Crippen molar-refractivity contribution in [2.24, 2.45) is 0 Å². The first kappa shape index (κ1) is 14.7. The zero-order chi connectivity index (χ0) is 8.36. The third-order valence-electron chi connectivity index (χ3n) is 1.59. The van der Waals surface area contributed by atoms with Crippen molar-refractivity contribution in [3.05, 3.63) is 24.3 Å². The maximum atomic E-state index is 2.21. The van der Waals surface area contributed by atoms with E-state index in [1.807, 2.05) is 0 Å². The van der Waals surface area contributed by atoms with Crippen LogP contribution in [0.4, 0.5) is 0 Å². The topological polar surface area (TPSA) is 0 Å². The van der Waals surface area contributed by atoms with Gasteiger partial charge in [0.1, 0.15) is 0 Å². The summed E-state index contributed by atoms with van der Waals surface area (Å²) < 4.78 is 0. The molecule has 0 aliphatic heterocycles. The number of hydrogen-bond donors (Lipinski definition) is 0. The molecule has 0 amide bonds. The molecule has 0 aromatic carbocycles. The molecule has 4 heteroatoms. The Morgan fingerprint density at radius 2 is 1.75 bits per heavy atom. The second kappa shape index (κ2) is 13.7. The minimum atomic E-state index is 0. The van der Waals surface area contributed by atoms with Crippen LogP contribution in [0.1, 0.15) is 19.8 Å². The van der Waals surface area contributed by atoms with Crippen molar-refractivity contribution >= 4 is 22.0 Å². The molecular weight excluding hydrogens is 187 g/mol. The van der Waals surface area contributed by atoms with Crippen LogP contribution < -0.4 is 0 Å². The number of hydrogen-bond acceptors (Lipinski definition) is 0. The standard InChI is InChI=1S/C6H8.C2H9B3.Co/c1-2-4-6-5-3-1;1-2-4-5-3;/h1-4H,5-6H2;4-5H,2-3H2,1H3;. The van der Waals surface area contributed by atoms with E-state index in [1.165, 1.54) is 33.4 Å². The summed E-state index contributed by atoms with van der Waals surface area (Å²) >= 11 is 0. The molecule has 1 radical (unpaired) electrons. The van der Waals surface area contributed by atoms with Gasteiger partial charge < -0.3 is 0 Å². The molecule has 0 spiro atoms. The van der Waals surface area contributed by atoms with Crippen molar-refractivity contribution in [1.82, 2.24) is 0 Å². The van der Waals surface area contributed by atoms with Crippen molar-refractivity contribution in [3.63, 3.8) is 0 Å². The van der Waals surface area contributed by atoms with Crippen molar-refractivity contribution < 1.29 is 16.8 Å². The van der Waals surface area contributed by atoms with Crippen molar-refractivity contribution in [2.45, 2.75) is 26.1 Å². The SMILES string of the molecule is BBBCC.C1=CCCC=C1.[Co]. The van der Waals surface area contributed by atoms with Crippen LogP contribution in [0.3, 0.4) is 0 Å². The van der Waals surface area contributed by atoms with Gasteiger partial charge >= 0.3 is 0 Å². The molecular formula is C8H17B3Co. The van der Waals surface area contributed by atoms with Gasteiger partial charge in [0.05, 0.1) is 22.0 Å². The van der Waals surface area contributed by atoms with E-state index in [-0.39, 0.29) is 16.8 Å². The number of allylic oxidation sites excluding steroid dienone is 4. The molecule has 0 heterocycles. The molecule has 1 rings (SSSR count). The maximum Gasteiger partial charge on any atom is 0.0776 e. The Hall–Kier alpha value is 0.181. The molecule has 0 aromatic rings. The minimum Gasteiger partial charge on any atom is -0.0881 e. The van der Waals surface area contributed by atoms with Crippen LogP contribution in [0, 0.1) is 0 Å². The Labute approximate surface area is 89.3 Å². The van der Waals surface area contributed by atoms with Gasteiger partial charge in [0.25, 0.3) is 0 Å². The van der Waals surface area contributed by atoms with E-state index < -0.39 is 0 Å². The van der Waals surface area contributed by atoms with Crippen molar-refractivity contribution in [1.29, 1.82) is 0 Å². The molecule has 0 aromatic heterocycles. The zero-order valence-electron chi connectivity index (χ0n) is 8.18. The zero-order valence-corrected chi connectivity index (χ0v) is 9.22. The van der Waals surface area contributed by atoms with Gasteiger partial charge in [-0.15, -0.1) is 0 Å². The van der Waals surface area contributed by atoms with Gasteiger partial charge in [-0.2, -0.15) is 0 Å². The molecule has 0 atom stereocenters. The van der Waals surface area contributed by atoms with Crippen LogP contribution >= 0.6 is 0 Å². The van der Waals surface area contributed by atoms with Gasteiger partial charge in [-0.1, -0.05) is 37.5 Å². The Kier molecular flexibility index (Phi) is 16.8. The fourth-order valence-corrected chi connectivity index (χ4v) is 0.896. The fourth-order valence-electron chi connectivity index (χ4n) is 0.896. The monoisotopic (exact) mass is 205 g/mol. The number of rotatable bonds is 2. The summed E-state index contributed by atoms with van der Waals surface area (Å²) in [4.78, 5) is 0. The molecule has 0 bridgehead atoms. The van der Waals surface area contributed by atoms with E-state index in [4.69, 9.17) is 0 Å². The molecule has 67 valence electrons. The van der Waals surface area contributed by atoms with Crippen LogP contribution in [-0.2, 0) is 16.8 Å². The molecule has 0 unspecified atom stereocenters. The Morgan fingerprint density at radius 3 is 1.83 bits per heavy atom. The van der Waals surface area contributed by atoms with Gasteiger partial charge in [0.2, 0.25) is 0 Å². The van der Waals surface area contributed by atoms with Crippen LogP contribution in [0.25, 0.3) is 0 Å². The summed E-state index contributed by atoms with van der Waals surface area (Å²) in [6.45, 7) is 2.21. The van der Waals surface area contributed by atoms with E-state index in [2.05, 4.69) is 39.0 Å². The molecule has 0 saturated heterocycles. The molecule has 0 fully saturated rings. The normalized spacial score (nSPS) is 12.1. The van der Waals surface area contributed by atoms with E-state index in [1.54, 1.807) is 0 Å². The third-order valence-corrected chi connectivity index (χ3v) is 1.59. The molecule has 1 aliphatic rings. The summed E-state index contributed by atoms with van der Waals surface area (Å²) in [5, 5.41) is 0. The van der Waals surface area contributed by atoms with Gasteiger partial charge in [-0.3, -0.25) is 0 Å². The van der Waals surface area contributed by atoms with E-state index in [0.717, 1.165) is 0 Å². The predicted molar refractivity (Wildman–Crippen MR) is 60.8 cm³/mol. The smallest absolute Gasteiger partial charge is 0.0776 e. The van der Waals surface area contributed by atoms with Crippen LogP contribution in [0.2, 0.25) is 6.32 Å². The molecule has 0 saturated carbocycles. The second-order valence-corrected chi connectivity index (χ2v) is 2.79. The summed E-state index contributed by atoms with van der Waals surface area (Å²) in [7, 11) is 4.94. The average molecular weight is 205 g/mol. The first-order chi connectivity index (χ1) is 5.41. The Morgan fingerprint density at radius 1 is 1.25 bits per heavy atom. The summed E-state index contributed by atoms with van der Waals surface area (Å²) in [6.07, 6.45) is 12.3. The third kappa shape index (κ3) is 12.8. The van der Waals surface area contributed by atoms with Crippen LogP contribution in [0.5, 0.6) is 0 Å². The van der Waals surface area contributed by atoms with Gasteiger partial charge in [0.15, 0.2) is 0 Å². The molecule has 0 nitrogen and oxygen atoms in total.